The lowest BCUT2D eigenvalue weighted by molar-refractivity contribution is -0.141. The maximum atomic E-state index is 14.4. The minimum absolute atomic E-state index is 0.0230. The molecule has 0 unspecified atom stereocenters. The van der Waals surface area contributed by atoms with Crippen LogP contribution in [0, 0.1) is 5.82 Å². The molecule has 1 aromatic carbocycles. The number of fused-ring (bicyclic) bond motifs is 2. The summed E-state index contributed by atoms with van der Waals surface area (Å²) in [6.45, 7) is 0.0230. The van der Waals surface area contributed by atoms with E-state index in [4.69, 9.17) is 8.83 Å². The van der Waals surface area contributed by atoms with Crippen molar-refractivity contribution in [3.8, 4) is 11.6 Å². The fourth-order valence-corrected chi connectivity index (χ4v) is 4.38. The zero-order valence-electron chi connectivity index (χ0n) is 18.5. The van der Waals surface area contributed by atoms with Crippen molar-refractivity contribution in [3.05, 3.63) is 77.5 Å². The molecule has 0 radical (unpaired) electrons. The Kier molecular flexibility index (Phi) is 4.78. The van der Waals surface area contributed by atoms with Crippen LogP contribution in [0.4, 0.5) is 17.6 Å². The number of furan rings is 1. The number of nitrogens with one attached hydrogen (secondary N) is 1. The summed E-state index contributed by atoms with van der Waals surface area (Å²) >= 11 is 0. The van der Waals surface area contributed by atoms with E-state index < -0.39 is 41.3 Å². The number of hydrogen-bond donors (Lipinski definition) is 1. The fraction of sp³-hybridized carbons (Fsp3) is 0.217. The molecule has 0 aliphatic carbocycles. The molecule has 1 aliphatic heterocycles. The number of hydrogen-bond acceptors (Lipinski definition) is 6. The first-order chi connectivity index (χ1) is 17.2. The number of alkyl halides is 3. The Morgan fingerprint density at radius 2 is 2.06 bits per heavy atom. The average molecular weight is 500 g/mol. The molecule has 36 heavy (non-hydrogen) atoms. The Hall–Kier alpha value is -4.42. The Balaban J connectivity index is 1.48. The minimum Gasteiger partial charge on any atom is -0.458 e. The maximum absolute atomic E-state index is 14.4. The van der Waals surface area contributed by atoms with Crippen molar-refractivity contribution < 1.29 is 31.2 Å². The third-order valence-corrected chi connectivity index (χ3v) is 6.00. The van der Waals surface area contributed by atoms with Gasteiger partial charge in [0, 0.05) is 31.9 Å². The molecular formula is C23H16F4N6O3. The predicted molar refractivity (Wildman–Crippen MR) is 115 cm³/mol. The lowest BCUT2D eigenvalue weighted by Gasteiger charge is -2.33. The molecule has 0 saturated carbocycles. The summed E-state index contributed by atoms with van der Waals surface area (Å²) in [5.41, 5.74) is -0.122. The van der Waals surface area contributed by atoms with E-state index in [2.05, 4.69) is 19.9 Å². The summed E-state index contributed by atoms with van der Waals surface area (Å²) in [6, 6.07) is 4.68. The summed E-state index contributed by atoms with van der Waals surface area (Å²) in [6.07, 6.45) is -0.456. The summed E-state index contributed by atoms with van der Waals surface area (Å²) in [7, 11) is 1.63. The second kappa shape index (κ2) is 7.80. The lowest BCUT2D eigenvalue weighted by Crippen LogP contribution is -2.41. The number of carbonyl (C=O) groups excluding carboxylic acids is 1. The smallest absolute Gasteiger partial charge is 0.437 e. The zero-order chi connectivity index (χ0) is 25.2. The Bertz CT molecular complexity index is 1610. The molecule has 1 aliphatic rings. The highest BCUT2D eigenvalue weighted by atomic mass is 19.4. The van der Waals surface area contributed by atoms with Gasteiger partial charge in [-0.25, -0.2) is 19.3 Å². The van der Waals surface area contributed by atoms with Crippen LogP contribution in [0.25, 0.3) is 22.6 Å². The number of aromatic amines is 1. The number of halogens is 4. The highest BCUT2D eigenvalue weighted by Crippen LogP contribution is 2.40. The normalized spacial score (nSPS) is 16.0. The number of H-pyrrole nitrogens is 1. The van der Waals surface area contributed by atoms with Gasteiger partial charge in [-0.2, -0.15) is 13.2 Å². The van der Waals surface area contributed by atoms with Gasteiger partial charge in [-0.1, -0.05) is 6.07 Å². The SMILES string of the molecule is Cn1cnc(-c2nc(C(F)(F)F)c(C(=O)N3CCc4[nH]cnc4[C@H]3c3cc4c(F)cccc4o3)o2)c1. The number of amides is 1. The van der Waals surface area contributed by atoms with E-state index in [1.54, 1.807) is 13.1 Å². The van der Waals surface area contributed by atoms with Crippen molar-refractivity contribution in [2.45, 2.75) is 18.6 Å². The molecule has 1 amide bonds. The van der Waals surface area contributed by atoms with Gasteiger partial charge in [0.05, 0.1) is 23.7 Å². The van der Waals surface area contributed by atoms with Gasteiger partial charge in [0.25, 0.3) is 5.91 Å². The van der Waals surface area contributed by atoms with Crippen molar-refractivity contribution in [1.29, 1.82) is 0 Å². The number of oxazole rings is 1. The van der Waals surface area contributed by atoms with Gasteiger partial charge in [0.15, 0.2) is 5.69 Å². The first kappa shape index (κ1) is 22.1. The third kappa shape index (κ3) is 3.46. The molecule has 184 valence electrons. The monoisotopic (exact) mass is 500 g/mol. The molecule has 0 bridgehead atoms. The van der Waals surface area contributed by atoms with Crippen LogP contribution < -0.4 is 0 Å². The van der Waals surface area contributed by atoms with Crippen LogP contribution in [0.5, 0.6) is 0 Å². The van der Waals surface area contributed by atoms with E-state index >= 15 is 0 Å². The molecule has 1 N–H and O–H groups in total. The number of carbonyl (C=O) groups is 1. The number of aromatic nitrogens is 5. The number of rotatable bonds is 3. The highest BCUT2D eigenvalue weighted by Gasteiger charge is 2.45. The van der Waals surface area contributed by atoms with Crippen molar-refractivity contribution in [1.82, 2.24) is 29.4 Å². The van der Waals surface area contributed by atoms with Crippen molar-refractivity contribution in [3.63, 3.8) is 0 Å². The molecule has 0 spiro atoms. The summed E-state index contributed by atoms with van der Waals surface area (Å²) in [5, 5.41) is 0.177. The van der Waals surface area contributed by atoms with Crippen LogP contribution >= 0.6 is 0 Å². The van der Waals surface area contributed by atoms with Gasteiger partial charge < -0.3 is 23.3 Å². The third-order valence-electron chi connectivity index (χ3n) is 6.00. The molecule has 13 heteroatoms. The van der Waals surface area contributed by atoms with E-state index in [1.165, 1.54) is 41.6 Å². The summed E-state index contributed by atoms with van der Waals surface area (Å²) in [5.74, 6) is -2.86. The van der Waals surface area contributed by atoms with Crippen LogP contribution in [-0.4, -0.2) is 41.9 Å². The van der Waals surface area contributed by atoms with Crippen LogP contribution in [-0.2, 0) is 19.6 Å². The van der Waals surface area contributed by atoms with Gasteiger partial charge >= 0.3 is 6.18 Å². The number of aryl methyl sites for hydroxylation is 1. The topological polar surface area (TPSA) is 106 Å². The minimum atomic E-state index is -4.97. The van der Waals surface area contributed by atoms with E-state index in [9.17, 15) is 22.4 Å². The van der Waals surface area contributed by atoms with Crippen molar-refractivity contribution in [2.75, 3.05) is 6.54 Å². The molecule has 9 nitrogen and oxygen atoms in total. The molecule has 1 atom stereocenters. The van der Waals surface area contributed by atoms with Gasteiger partial charge in [0.1, 0.15) is 28.9 Å². The van der Waals surface area contributed by atoms with Crippen LogP contribution in [0.1, 0.15) is 39.4 Å². The molecule has 4 aromatic heterocycles. The number of benzene rings is 1. The predicted octanol–water partition coefficient (Wildman–Crippen LogP) is 4.49. The molecule has 0 fully saturated rings. The quantitative estimate of drug-likeness (QED) is 0.366. The van der Waals surface area contributed by atoms with Crippen LogP contribution in [0.3, 0.4) is 0 Å². The Morgan fingerprint density at radius 1 is 1.22 bits per heavy atom. The number of imidazole rings is 2. The fourth-order valence-electron chi connectivity index (χ4n) is 4.38. The maximum Gasteiger partial charge on any atom is 0.437 e. The molecule has 6 rings (SSSR count). The van der Waals surface area contributed by atoms with Crippen LogP contribution in [0.2, 0.25) is 0 Å². The molecular weight excluding hydrogens is 484 g/mol. The first-order valence-corrected chi connectivity index (χ1v) is 10.8. The zero-order valence-corrected chi connectivity index (χ0v) is 18.5. The molecule has 0 saturated heterocycles. The standard InChI is InChI=1S/C23H16F4N6O3/c1-32-8-14(30-10-32)21-31-20(23(25,26)27)19(36-21)22(34)33-6-5-13-17(29-9-28-13)18(33)16-7-11-12(24)3-2-4-15(11)35-16/h2-4,7-10,18H,5-6H2,1H3,(H,28,29)/t18-/m1/s1. The highest BCUT2D eigenvalue weighted by molar-refractivity contribution is 5.94. The molecule has 5 aromatic rings. The van der Waals surface area contributed by atoms with E-state index in [-0.39, 0.29) is 29.0 Å². The van der Waals surface area contributed by atoms with Gasteiger partial charge in [0.2, 0.25) is 11.7 Å². The largest absolute Gasteiger partial charge is 0.458 e. The second-order valence-electron chi connectivity index (χ2n) is 8.34. The van der Waals surface area contributed by atoms with Crippen molar-refractivity contribution in [2.24, 2.45) is 7.05 Å². The van der Waals surface area contributed by atoms with E-state index in [0.29, 0.717) is 17.8 Å². The van der Waals surface area contributed by atoms with Crippen molar-refractivity contribution >= 4 is 16.9 Å². The lowest BCUT2D eigenvalue weighted by atomic mass is 9.99. The number of nitrogens with zero attached hydrogens (tertiary/aromatic N) is 5. The Labute approximate surface area is 199 Å². The van der Waals surface area contributed by atoms with Crippen LogP contribution in [0.15, 0.2) is 52.0 Å². The Morgan fingerprint density at radius 3 is 2.78 bits per heavy atom. The summed E-state index contributed by atoms with van der Waals surface area (Å²) < 4.78 is 68.8. The van der Waals surface area contributed by atoms with E-state index in [0.717, 1.165) is 4.90 Å². The second-order valence-corrected chi connectivity index (χ2v) is 8.34. The average Bonchev–Trinajstić information content (AvgIpc) is 3.62. The summed E-state index contributed by atoms with van der Waals surface area (Å²) in [4.78, 5) is 29.6. The molecule has 5 heterocycles. The van der Waals surface area contributed by atoms with Gasteiger partial charge in [-0.05, 0) is 18.2 Å². The van der Waals surface area contributed by atoms with E-state index in [1.807, 2.05) is 0 Å². The van der Waals surface area contributed by atoms with Gasteiger partial charge in [-0.3, -0.25) is 4.79 Å². The van der Waals surface area contributed by atoms with Gasteiger partial charge in [-0.15, -0.1) is 0 Å². The first-order valence-electron chi connectivity index (χ1n) is 10.8.